The standard InChI is InChI=1S/C7H18N2/c1-3-4-5-9-7-6-8-2/h8-9H,3-7H2,1-2H3/p+1. The molecule has 0 atom stereocenters. The maximum absolute atomic E-state index is 3.36. The first-order valence-corrected chi connectivity index (χ1v) is 3.90. The Morgan fingerprint density at radius 3 is 2.67 bits per heavy atom. The molecule has 0 amide bonds. The fourth-order valence-electron chi connectivity index (χ4n) is 0.673. The van der Waals surface area contributed by atoms with Gasteiger partial charge in [0, 0.05) is 6.54 Å². The van der Waals surface area contributed by atoms with E-state index in [1.807, 2.05) is 0 Å². The van der Waals surface area contributed by atoms with Crippen molar-refractivity contribution in [2.24, 2.45) is 0 Å². The van der Waals surface area contributed by atoms with E-state index < -0.39 is 0 Å². The van der Waals surface area contributed by atoms with Gasteiger partial charge in [-0.15, -0.1) is 0 Å². The van der Waals surface area contributed by atoms with Crippen LogP contribution in [-0.2, 0) is 0 Å². The topological polar surface area (TPSA) is 28.6 Å². The maximum atomic E-state index is 3.36. The number of rotatable bonds is 6. The van der Waals surface area contributed by atoms with Crippen LogP contribution in [0, 0.1) is 0 Å². The van der Waals surface area contributed by atoms with Crippen LogP contribution in [-0.4, -0.2) is 26.7 Å². The van der Waals surface area contributed by atoms with Gasteiger partial charge in [0.25, 0.3) is 0 Å². The first-order chi connectivity index (χ1) is 4.41. The molecule has 0 fully saturated rings. The molecule has 0 aromatic heterocycles. The van der Waals surface area contributed by atoms with Crippen LogP contribution in [0.1, 0.15) is 19.8 Å². The smallest absolute Gasteiger partial charge is 0.0880 e. The Kier molecular flexibility index (Phi) is 7.85. The summed E-state index contributed by atoms with van der Waals surface area (Å²) in [4.78, 5) is 0. The van der Waals surface area contributed by atoms with Gasteiger partial charge in [-0.2, -0.15) is 0 Å². The molecular weight excluding hydrogens is 112 g/mol. The third-order valence-corrected chi connectivity index (χ3v) is 1.32. The maximum Gasteiger partial charge on any atom is 0.0880 e. The zero-order chi connectivity index (χ0) is 6.95. The van der Waals surface area contributed by atoms with Gasteiger partial charge in [0.2, 0.25) is 0 Å². The van der Waals surface area contributed by atoms with Crippen LogP contribution in [0.3, 0.4) is 0 Å². The number of unbranched alkanes of at least 4 members (excludes halogenated alkanes) is 1. The van der Waals surface area contributed by atoms with Crippen LogP contribution in [0.4, 0.5) is 0 Å². The molecule has 0 unspecified atom stereocenters. The third kappa shape index (κ3) is 7.92. The summed E-state index contributed by atoms with van der Waals surface area (Å²) in [5.41, 5.74) is 0. The van der Waals surface area contributed by atoms with Gasteiger partial charge >= 0.3 is 0 Å². The highest BCUT2D eigenvalue weighted by molar-refractivity contribution is 4.42. The molecule has 0 saturated carbocycles. The summed E-state index contributed by atoms with van der Waals surface area (Å²) in [5.74, 6) is 0. The van der Waals surface area contributed by atoms with E-state index in [4.69, 9.17) is 0 Å². The van der Waals surface area contributed by atoms with E-state index in [1.165, 1.54) is 25.9 Å². The molecule has 0 aromatic carbocycles. The van der Waals surface area contributed by atoms with Crippen molar-refractivity contribution in [2.45, 2.75) is 19.8 Å². The first kappa shape index (κ1) is 8.92. The molecule has 0 aliphatic heterocycles. The number of hydrogen-bond donors (Lipinski definition) is 2. The largest absolute Gasteiger partial charge is 0.348 e. The van der Waals surface area contributed by atoms with Gasteiger partial charge in [0.15, 0.2) is 0 Å². The van der Waals surface area contributed by atoms with E-state index in [9.17, 15) is 0 Å². The second-order valence-electron chi connectivity index (χ2n) is 2.30. The molecule has 0 radical (unpaired) electrons. The quantitative estimate of drug-likeness (QED) is 0.470. The first-order valence-electron chi connectivity index (χ1n) is 3.90. The lowest BCUT2D eigenvalue weighted by Gasteiger charge is -1.99. The highest BCUT2D eigenvalue weighted by atomic mass is 14.9. The predicted molar refractivity (Wildman–Crippen MR) is 40.5 cm³/mol. The van der Waals surface area contributed by atoms with Crippen molar-refractivity contribution in [3.63, 3.8) is 0 Å². The molecule has 0 aliphatic rings. The SMILES string of the molecule is CCCCNCC[NH2+]C. The average Bonchev–Trinajstić information content (AvgIpc) is 1.89. The van der Waals surface area contributed by atoms with Crippen LogP contribution < -0.4 is 10.6 Å². The van der Waals surface area contributed by atoms with Gasteiger partial charge < -0.3 is 10.6 Å². The molecule has 0 bridgehead atoms. The van der Waals surface area contributed by atoms with Crippen molar-refractivity contribution in [1.29, 1.82) is 0 Å². The predicted octanol–water partition coefficient (Wildman–Crippen LogP) is -0.431. The Morgan fingerprint density at radius 1 is 1.33 bits per heavy atom. The summed E-state index contributed by atoms with van der Waals surface area (Å²) < 4.78 is 0. The molecule has 2 heteroatoms. The van der Waals surface area contributed by atoms with E-state index >= 15 is 0 Å². The van der Waals surface area contributed by atoms with Crippen LogP contribution in [0.25, 0.3) is 0 Å². The molecule has 56 valence electrons. The van der Waals surface area contributed by atoms with Crippen molar-refractivity contribution in [2.75, 3.05) is 26.7 Å². The molecule has 0 rings (SSSR count). The monoisotopic (exact) mass is 131 g/mol. The number of hydrogen-bond acceptors (Lipinski definition) is 1. The fourth-order valence-corrected chi connectivity index (χ4v) is 0.673. The molecule has 0 saturated heterocycles. The van der Waals surface area contributed by atoms with E-state index in [1.54, 1.807) is 0 Å². The summed E-state index contributed by atoms with van der Waals surface area (Å²) >= 11 is 0. The summed E-state index contributed by atoms with van der Waals surface area (Å²) in [6, 6.07) is 0. The van der Waals surface area contributed by atoms with Crippen molar-refractivity contribution >= 4 is 0 Å². The van der Waals surface area contributed by atoms with E-state index in [-0.39, 0.29) is 0 Å². The van der Waals surface area contributed by atoms with Gasteiger partial charge in [-0.1, -0.05) is 13.3 Å². The molecular formula is C7H19N2+. The molecule has 9 heavy (non-hydrogen) atoms. The van der Waals surface area contributed by atoms with Crippen LogP contribution >= 0.6 is 0 Å². The van der Waals surface area contributed by atoms with Gasteiger partial charge in [-0.25, -0.2) is 0 Å². The normalized spacial score (nSPS) is 10.0. The lowest BCUT2D eigenvalue weighted by molar-refractivity contribution is -0.625. The summed E-state index contributed by atoms with van der Waals surface area (Å²) in [7, 11) is 2.10. The number of likely N-dealkylation sites (N-methyl/N-ethyl adjacent to an activating group) is 1. The second-order valence-corrected chi connectivity index (χ2v) is 2.30. The molecule has 0 aromatic rings. The fraction of sp³-hybridized carbons (Fsp3) is 1.00. The van der Waals surface area contributed by atoms with Gasteiger partial charge in [-0.3, -0.25) is 0 Å². The van der Waals surface area contributed by atoms with E-state index in [0.717, 1.165) is 6.54 Å². The van der Waals surface area contributed by atoms with E-state index in [2.05, 4.69) is 24.6 Å². The minimum absolute atomic E-state index is 1.15. The zero-order valence-corrected chi connectivity index (χ0v) is 6.61. The van der Waals surface area contributed by atoms with Gasteiger partial charge in [0.1, 0.15) is 0 Å². The van der Waals surface area contributed by atoms with Crippen molar-refractivity contribution in [3.8, 4) is 0 Å². The zero-order valence-electron chi connectivity index (χ0n) is 6.61. The van der Waals surface area contributed by atoms with Crippen molar-refractivity contribution in [1.82, 2.24) is 5.32 Å². The molecule has 0 spiro atoms. The average molecular weight is 131 g/mol. The van der Waals surface area contributed by atoms with Crippen molar-refractivity contribution < 1.29 is 5.32 Å². The number of quaternary nitrogens is 1. The van der Waals surface area contributed by atoms with Crippen LogP contribution in [0.15, 0.2) is 0 Å². The van der Waals surface area contributed by atoms with Gasteiger partial charge in [0.05, 0.1) is 13.6 Å². The van der Waals surface area contributed by atoms with Crippen LogP contribution in [0.5, 0.6) is 0 Å². The number of nitrogens with one attached hydrogen (secondary N) is 1. The Hall–Kier alpha value is -0.0800. The summed E-state index contributed by atoms with van der Waals surface area (Å²) in [6.07, 6.45) is 2.60. The lowest BCUT2D eigenvalue weighted by atomic mass is 10.3. The molecule has 0 aliphatic carbocycles. The second kappa shape index (κ2) is 7.92. The minimum atomic E-state index is 1.15. The Balaban J connectivity index is 2.60. The molecule has 2 nitrogen and oxygen atoms in total. The lowest BCUT2D eigenvalue weighted by Crippen LogP contribution is -2.81. The van der Waals surface area contributed by atoms with E-state index in [0.29, 0.717) is 0 Å². The summed E-state index contributed by atoms with van der Waals surface area (Å²) in [6.45, 7) is 5.75. The van der Waals surface area contributed by atoms with Crippen molar-refractivity contribution in [3.05, 3.63) is 0 Å². The summed E-state index contributed by atoms with van der Waals surface area (Å²) in [5, 5.41) is 5.55. The Labute approximate surface area is 58.0 Å². The Bertz CT molecular complexity index is 40.2. The highest BCUT2D eigenvalue weighted by Gasteiger charge is 1.84. The number of nitrogens with two attached hydrogens (primary N) is 1. The molecule has 0 heterocycles. The minimum Gasteiger partial charge on any atom is -0.348 e. The highest BCUT2D eigenvalue weighted by Crippen LogP contribution is 1.80. The molecule has 3 N–H and O–H groups in total. The third-order valence-electron chi connectivity index (χ3n) is 1.32. The van der Waals surface area contributed by atoms with Gasteiger partial charge in [-0.05, 0) is 13.0 Å². The Morgan fingerprint density at radius 2 is 2.11 bits per heavy atom. The van der Waals surface area contributed by atoms with Crippen LogP contribution in [0.2, 0.25) is 0 Å².